The summed E-state index contributed by atoms with van der Waals surface area (Å²) in [5, 5.41) is 0. The van der Waals surface area contributed by atoms with Crippen LogP contribution in [0.5, 0.6) is 0 Å². The fourth-order valence-corrected chi connectivity index (χ4v) is 1.94. The smallest absolute Gasteiger partial charge is 0.284 e. The monoisotopic (exact) mass is 238 g/mol. The van der Waals surface area contributed by atoms with Crippen molar-refractivity contribution in [2.75, 3.05) is 13.1 Å². The van der Waals surface area contributed by atoms with Crippen molar-refractivity contribution in [2.24, 2.45) is 5.73 Å². The van der Waals surface area contributed by atoms with Crippen LogP contribution in [0.15, 0.2) is 10.5 Å². The fourth-order valence-electron chi connectivity index (χ4n) is 1.94. The highest BCUT2D eigenvalue weighted by Gasteiger charge is 2.13. The molecule has 4 nitrogen and oxygen atoms in total. The molecule has 0 aliphatic carbocycles. The van der Waals surface area contributed by atoms with E-state index in [0.29, 0.717) is 0 Å². The summed E-state index contributed by atoms with van der Waals surface area (Å²) in [5.41, 5.74) is 6.25. The Morgan fingerprint density at radius 3 is 2.35 bits per heavy atom. The van der Waals surface area contributed by atoms with Crippen LogP contribution in [0.1, 0.15) is 48.6 Å². The number of rotatable bonds is 7. The molecule has 2 N–H and O–H groups in total. The molecule has 0 radical (unpaired) electrons. The van der Waals surface area contributed by atoms with Crippen LogP contribution < -0.4 is 5.73 Å². The van der Waals surface area contributed by atoms with Crippen LogP contribution in [-0.4, -0.2) is 23.9 Å². The topological polar surface area (TPSA) is 59.5 Å². The largest absolute Gasteiger partial charge is 0.456 e. The molecule has 0 aromatic carbocycles. The van der Waals surface area contributed by atoms with Gasteiger partial charge in [0.15, 0.2) is 5.76 Å². The molecule has 1 aromatic rings. The molecule has 0 aliphatic heterocycles. The lowest BCUT2D eigenvalue weighted by atomic mass is 10.2. The normalized spacial score (nSPS) is 11.1. The van der Waals surface area contributed by atoms with E-state index < -0.39 is 5.91 Å². The number of primary amides is 1. The van der Waals surface area contributed by atoms with E-state index in [1.807, 2.05) is 6.92 Å². The van der Waals surface area contributed by atoms with Gasteiger partial charge in [-0.25, -0.2) is 0 Å². The van der Waals surface area contributed by atoms with Crippen LogP contribution in [0.2, 0.25) is 0 Å². The van der Waals surface area contributed by atoms with Gasteiger partial charge in [-0.1, -0.05) is 13.8 Å². The second kappa shape index (κ2) is 6.45. The summed E-state index contributed by atoms with van der Waals surface area (Å²) in [4.78, 5) is 13.4. The number of nitrogens with two attached hydrogens (primary N) is 1. The quantitative estimate of drug-likeness (QED) is 0.793. The Morgan fingerprint density at radius 1 is 1.35 bits per heavy atom. The Morgan fingerprint density at radius 2 is 1.94 bits per heavy atom. The number of nitrogens with zero attached hydrogens (tertiary/aromatic N) is 1. The Bertz CT molecular complexity index is 365. The third kappa shape index (κ3) is 3.89. The minimum absolute atomic E-state index is 0.255. The molecule has 1 aromatic heterocycles. The number of furan rings is 1. The average molecular weight is 238 g/mol. The second-order valence-corrected chi connectivity index (χ2v) is 4.33. The van der Waals surface area contributed by atoms with E-state index in [1.165, 1.54) is 0 Å². The van der Waals surface area contributed by atoms with Crippen LogP contribution in [0.3, 0.4) is 0 Å². The number of hydrogen-bond donors (Lipinski definition) is 1. The molecule has 0 atom stereocenters. The summed E-state index contributed by atoms with van der Waals surface area (Å²) in [6.45, 7) is 9.15. The zero-order chi connectivity index (χ0) is 12.8. The van der Waals surface area contributed by atoms with Crippen molar-refractivity contribution in [3.05, 3.63) is 23.2 Å². The maximum Gasteiger partial charge on any atom is 0.284 e. The molecular weight excluding hydrogens is 216 g/mol. The lowest BCUT2D eigenvalue weighted by Gasteiger charge is -2.20. The van der Waals surface area contributed by atoms with Crippen LogP contribution in [0.4, 0.5) is 0 Å². The number of carbonyl (C=O) groups is 1. The van der Waals surface area contributed by atoms with Crippen molar-refractivity contribution < 1.29 is 9.21 Å². The van der Waals surface area contributed by atoms with Gasteiger partial charge in [0.1, 0.15) is 5.76 Å². The minimum atomic E-state index is -0.503. The molecule has 0 unspecified atom stereocenters. The van der Waals surface area contributed by atoms with Gasteiger partial charge in [0.25, 0.3) is 5.91 Å². The Labute approximate surface area is 103 Å². The lowest BCUT2D eigenvalue weighted by Crippen LogP contribution is -2.25. The first-order chi connectivity index (χ1) is 8.08. The zero-order valence-corrected chi connectivity index (χ0v) is 11.0. The van der Waals surface area contributed by atoms with Crippen LogP contribution in [0, 0.1) is 6.92 Å². The molecule has 0 saturated carbocycles. The fraction of sp³-hybridized carbons (Fsp3) is 0.615. The van der Waals surface area contributed by atoms with Crippen molar-refractivity contribution in [2.45, 2.75) is 40.2 Å². The third-order valence-electron chi connectivity index (χ3n) is 2.74. The third-order valence-corrected chi connectivity index (χ3v) is 2.74. The first-order valence-electron chi connectivity index (χ1n) is 6.19. The molecule has 0 spiro atoms. The van der Waals surface area contributed by atoms with Crippen LogP contribution in [-0.2, 0) is 6.54 Å². The Balaban J connectivity index is 2.74. The van der Waals surface area contributed by atoms with E-state index >= 15 is 0 Å². The summed E-state index contributed by atoms with van der Waals surface area (Å²) in [7, 11) is 0. The number of carbonyl (C=O) groups excluding carboxylic acids is 1. The molecule has 1 heterocycles. The number of aryl methyl sites for hydroxylation is 1. The van der Waals surface area contributed by atoms with Crippen LogP contribution in [0.25, 0.3) is 0 Å². The molecule has 0 bridgehead atoms. The van der Waals surface area contributed by atoms with E-state index in [-0.39, 0.29) is 5.76 Å². The highest BCUT2D eigenvalue weighted by Crippen LogP contribution is 2.16. The molecule has 1 amide bonds. The minimum Gasteiger partial charge on any atom is -0.456 e. The molecule has 4 heteroatoms. The van der Waals surface area contributed by atoms with Crippen molar-refractivity contribution in [1.29, 1.82) is 0 Å². The SMILES string of the molecule is CCCN(CCC)Cc1cc(C(N)=O)oc1C. The molecular formula is C13H22N2O2. The molecule has 96 valence electrons. The summed E-state index contributed by atoms with van der Waals surface area (Å²) >= 11 is 0. The van der Waals surface area contributed by atoms with Gasteiger partial charge in [-0.2, -0.15) is 0 Å². The molecule has 0 fully saturated rings. The van der Waals surface area contributed by atoms with E-state index in [4.69, 9.17) is 10.2 Å². The number of hydrogen-bond acceptors (Lipinski definition) is 3. The zero-order valence-electron chi connectivity index (χ0n) is 11.0. The van der Waals surface area contributed by atoms with E-state index in [1.54, 1.807) is 6.07 Å². The molecule has 0 saturated heterocycles. The highest BCUT2D eigenvalue weighted by atomic mass is 16.3. The molecule has 1 rings (SSSR count). The van der Waals surface area contributed by atoms with E-state index in [2.05, 4.69) is 18.7 Å². The van der Waals surface area contributed by atoms with Crippen LogP contribution >= 0.6 is 0 Å². The summed E-state index contributed by atoms with van der Waals surface area (Å²) in [6, 6.07) is 1.76. The summed E-state index contributed by atoms with van der Waals surface area (Å²) < 4.78 is 5.33. The first-order valence-corrected chi connectivity index (χ1v) is 6.19. The van der Waals surface area contributed by atoms with Crippen molar-refractivity contribution >= 4 is 5.91 Å². The van der Waals surface area contributed by atoms with Gasteiger partial charge < -0.3 is 10.2 Å². The maximum absolute atomic E-state index is 11.0. The Kier molecular flexibility index (Phi) is 5.22. The lowest BCUT2D eigenvalue weighted by molar-refractivity contribution is 0.0972. The Hall–Kier alpha value is -1.29. The van der Waals surface area contributed by atoms with Gasteiger partial charge in [-0.05, 0) is 38.9 Å². The first kappa shape index (κ1) is 13.8. The highest BCUT2D eigenvalue weighted by molar-refractivity contribution is 5.90. The summed E-state index contributed by atoms with van der Waals surface area (Å²) in [5.74, 6) is 0.540. The van der Waals surface area contributed by atoms with Gasteiger partial charge in [-0.3, -0.25) is 9.69 Å². The van der Waals surface area contributed by atoms with Gasteiger partial charge in [0, 0.05) is 12.1 Å². The second-order valence-electron chi connectivity index (χ2n) is 4.33. The van der Waals surface area contributed by atoms with Gasteiger partial charge >= 0.3 is 0 Å². The maximum atomic E-state index is 11.0. The number of amides is 1. The van der Waals surface area contributed by atoms with E-state index in [0.717, 1.165) is 43.8 Å². The molecule has 17 heavy (non-hydrogen) atoms. The molecule has 0 aliphatic rings. The van der Waals surface area contributed by atoms with Crippen molar-refractivity contribution in [1.82, 2.24) is 4.90 Å². The van der Waals surface area contributed by atoms with E-state index in [9.17, 15) is 4.79 Å². The van der Waals surface area contributed by atoms with Crippen molar-refractivity contribution in [3.63, 3.8) is 0 Å². The van der Waals surface area contributed by atoms with Gasteiger partial charge in [0.05, 0.1) is 0 Å². The van der Waals surface area contributed by atoms with Gasteiger partial charge in [-0.15, -0.1) is 0 Å². The predicted octanol–water partition coefficient (Wildman–Crippen LogP) is 2.31. The average Bonchev–Trinajstić information content (AvgIpc) is 2.61. The predicted molar refractivity (Wildman–Crippen MR) is 67.8 cm³/mol. The summed E-state index contributed by atoms with van der Waals surface area (Å²) in [6.07, 6.45) is 2.25. The standard InChI is InChI=1S/C13H22N2O2/c1-4-6-15(7-5-2)9-11-8-12(13(14)16)17-10(11)3/h8H,4-7,9H2,1-3H3,(H2,14,16). The van der Waals surface area contributed by atoms with Gasteiger partial charge in [0.2, 0.25) is 0 Å². The van der Waals surface area contributed by atoms with Crippen molar-refractivity contribution in [3.8, 4) is 0 Å².